The highest BCUT2D eigenvalue weighted by molar-refractivity contribution is 7.92. The zero-order valence-electron chi connectivity index (χ0n) is 12.2. The lowest BCUT2D eigenvalue weighted by molar-refractivity contribution is -0.131. The van der Waals surface area contributed by atoms with E-state index in [1.54, 1.807) is 6.92 Å². The van der Waals surface area contributed by atoms with Gasteiger partial charge in [0, 0.05) is 6.08 Å². The molecule has 0 heterocycles. The van der Waals surface area contributed by atoms with Crippen molar-refractivity contribution in [3.05, 3.63) is 65.5 Å². The monoisotopic (exact) mass is 335 g/mol. The van der Waals surface area contributed by atoms with Gasteiger partial charge in [0.25, 0.3) is 10.0 Å². The van der Waals surface area contributed by atoms with Crippen LogP contribution in [0.2, 0.25) is 0 Å². The van der Waals surface area contributed by atoms with Gasteiger partial charge in [0.2, 0.25) is 0 Å². The molecule has 0 radical (unpaired) electrons. The summed E-state index contributed by atoms with van der Waals surface area (Å²) in [5, 5.41) is 8.55. The Morgan fingerprint density at radius 2 is 1.83 bits per heavy atom. The van der Waals surface area contributed by atoms with Crippen molar-refractivity contribution in [2.24, 2.45) is 0 Å². The van der Waals surface area contributed by atoms with Gasteiger partial charge in [0.05, 0.1) is 10.6 Å². The van der Waals surface area contributed by atoms with Crippen molar-refractivity contribution in [3.8, 4) is 0 Å². The number of carboxylic acids is 1. The van der Waals surface area contributed by atoms with Crippen LogP contribution in [0, 0.1) is 12.7 Å². The summed E-state index contributed by atoms with van der Waals surface area (Å²) in [6.45, 7) is 1.60. The molecule has 0 amide bonds. The quantitative estimate of drug-likeness (QED) is 0.823. The number of hydrogen-bond acceptors (Lipinski definition) is 3. The minimum atomic E-state index is -3.81. The number of aryl methyl sites for hydroxylation is 1. The van der Waals surface area contributed by atoms with E-state index in [-0.39, 0.29) is 4.90 Å². The van der Waals surface area contributed by atoms with Gasteiger partial charge >= 0.3 is 5.97 Å². The van der Waals surface area contributed by atoms with Crippen LogP contribution in [-0.4, -0.2) is 19.5 Å². The molecular weight excluding hydrogens is 321 g/mol. The minimum absolute atomic E-state index is 0.0219. The molecule has 23 heavy (non-hydrogen) atoms. The first kappa shape index (κ1) is 16.7. The van der Waals surface area contributed by atoms with Crippen molar-refractivity contribution >= 4 is 27.8 Å². The maximum absolute atomic E-state index is 13.1. The largest absolute Gasteiger partial charge is 0.478 e. The summed E-state index contributed by atoms with van der Waals surface area (Å²) in [5.41, 5.74) is 1.32. The predicted octanol–water partition coefficient (Wildman–Crippen LogP) is 3.03. The smallest absolute Gasteiger partial charge is 0.328 e. The third kappa shape index (κ3) is 4.40. The predicted molar refractivity (Wildman–Crippen MR) is 85.1 cm³/mol. The first-order valence-corrected chi connectivity index (χ1v) is 8.06. The minimum Gasteiger partial charge on any atom is -0.478 e. The molecule has 5 nitrogen and oxygen atoms in total. The van der Waals surface area contributed by atoms with Crippen molar-refractivity contribution in [2.45, 2.75) is 11.8 Å². The number of aliphatic carboxylic acids is 1. The van der Waals surface area contributed by atoms with Gasteiger partial charge in [-0.2, -0.15) is 0 Å². The molecule has 0 bridgehead atoms. The molecule has 0 atom stereocenters. The lowest BCUT2D eigenvalue weighted by Gasteiger charge is -2.10. The second kappa shape index (κ2) is 6.62. The van der Waals surface area contributed by atoms with Crippen LogP contribution in [0.3, 0.4) is 0 Å². The SMILES string of the molecule is Cc1cc(F)ccc1NS(=O)(=O)c1ccc(C=CC(=O)O)cc1. The Hall–Kier alpha value is -2.67. The Balaban J connectivity index is 2.24. The molecule has 0 aliphatic heterocycles. The number of carbonyl (C=O) groups is 1. The van der Waals surface area contributed by atoms with Gasteiger partial charge in [-0.15, -0.1) is 0 Å². The number of halogens is 1. The van der Waals surface area contributed by atoms with Crippen LogP contribution in [0.1, 0.15) is 11.1 Å². The summed E-state index contributed by atoms with van der Waals surface area (Å²) < 4.78 is 40.0. The van der Waals surface area contributed by atoms with Gasteiger partial charge in [0.15, 0.2) is 0 Å². The zero-order valence-corrected chi connectivity index (χ0v) is 13.0. The number of carboxylic acid groups (broad SMARTS) is 1. The molecule has 0 aliphatic rings. The lowest BCUT2D eigenvalue weighted by atomic mass is 10.2. The van der Waals surface area contributed by atoms with E-state index in [0.717, 1.165) is 6.08 Å². The number of nitrogens with one attached hydrogen (secondary N) is 1. The third-order valence-electron chi connectivity index (χ3n) is 3.04. The molecule has 0 spiro atoms. The molecule has 0 saturated heterocycles. The van der Waals surface area contributed by atoms with Crippen molar-refractivity contribution in [3.63, 3.8) is 0 Å². The first-order chi connectivity index (χ1) is 10.8. The van der Waals surface area contributed by atoms with Crippen LogP contribution < -0.4 is 4.72 Å². The molecule has 0 aromatic heterocycles. The van der Waals surface area contributed by atoms with E-state index < -0.39 is 21.8 Å². The third-order valence-corrected chi connectivity index (χ3v) is 4.42. The molecule has 2 N–H and O–H groups in total. The Morgan fingerprint density at radius 1 is 1.17 bits per heavy atom. The van der Waals surface area contributed by atoms with Crippen molar-refractivity contribution in [1.82, 2.24) is 0 Å². The summed E-state index contributed by atoms with van der Waals surface area (Å²) in [6, 6.07) is 9.47. The molecule has 0 fully saturated rings. The van der Waals surface area contributed by atoms with E-state index >= 15 is 0 Å². The van der Waals surface area contributed by atoms with Crippen LogP contribution in [0.15, 0.2) is 53.4 Å². The van der Waals surface area contributed by atoms with Gasteiger partial charge in [-0.1, -0.05) is 12.1 Å². The Kier molecular flexibility index (Phi) is 4.80. The zero-order chi connectivity index (χ0) is 17.0. The molecule has 2 aromatic rings. The summed E-state index contributed by atoms with van der Waals surface area (Å²) in [5.74, 6) is -1.53. The number of sulfonamides is 1. The van der Waals surface area contributed by atoms with Crippen molar-refractivity contribution in [1.29, 1.82) is 0 Å². The molecule has 120 valence electrons. The number of rotatable bonds is 5. The highest BCUT2D eigenvalue weighted by atomic mass is 32.2. The van der Waals surface area contributed by atoms with E-state index in [0.29, 0.717) is 16.8 Å². The van der Waals surface area contributed by atoms with Gasteiger partial charge in [-0.05, 0) is 54.5 Å². The van der Waals surface area contributed by atoms with E-state index in [1.807, 2.05) is 0 Å². The molecule has 0 aliphatic carbocycles. The first-order valence-electron chi connectivity index (χ1n) is 6.58. The highest BCUT2D eigenvalue weighted by Gasteiger charge is 2.15. The Bertz CT molecular complexity index is 858. The average Bonchev–Trinajstić information content (AvgIpc) is 2.48. The summed E-state index contributed by atoms with van der Waals surface area (Å²) >= 11 is 0. The maximum atomic E-state index is 13.1. The van der Waals surface area contributed by atoms with E-state index in [2.05, 4.69) is 4.72 Å². The van der Waals surface area contributed by atoms with Gasteiger partial charge in [0.1, 0.15) is 5.82 Å². The van der Waals surface area contributed by atoms with Crippen LogP contribution >= 0.6 is 0 Å². The highest BCUT2D eigenvalue weighted by Crippen LogP contribution is 2.21. The average molecular weight is 335 g/mol. The molecule has 7 heteroatoms. The van der Waals surface area contributed by atoms with E-state index in [4.69, 9.17) is 5.11 Å². The molecule has 0 unspecified atom stereocenters. The fourth-order valence-corrected chi connectivity index (χ4v) is 3.00. The van der Waals surface area contributed by atoms with Crippen LogP contribution in [0.25, 0.3) is 6.08 Å². The standard InChI is InChI=1S/C16H14FNO4S/c1-11-10-13(17)5-8-15(11)18-23(21,22)14-6-2-12(3-7-14)4-9-16(19)20/h2-10,18H,1H3,(H,19,20). The molecule has 2 aromatic carbocycles. The lowest BCUT2D eigenvalue weighted by Crippen LogP contribution is -2.13. The second-order valence-electron chi connectivity index (χ2n) is 4.81. The van der Waals surface area contributed by atoms with Crippen molar-refractivity contribution < 1.29 is 22.7 Å². The molecule has 0 saturated carbocycles. The molecule has 2 rings (SSSR count). The second-order valence-corrected chi connectivity index (χ2v) is 6.49. The Labute approximate surface area is 133 Å². The van der Waals surface area contributed by atoms with E-state index in [1.165, 1.54) is 48.5 Å². The van der Waals surface area contributed by atoms with Crippen LogP contribution in [-0.2, 0) is 14.8 Å². The number of anilines is 1. The summed E-state index contributed by atoms with van der Waals surface area (Å²) in [6.07, 6.45) is 2.32. The number of hydrogen-bond donors (Lipinski definition) is 2. The van der Waals surface area contributed by atoms with Gasteiger partial charge in [-0.25, -0.2) is 17.6 Å². The van der Waals surface area contributed by atoms with Gasteiger partial charge in [-0.3, -0.25) is 4.72 Å². The van der Waals surface area contributed by atoms with E-state index in [9.17, 15) is 17.6 Å². The van der Waals surface area contributed by atoms with Crippen LogP contribution in [0.5, 0.6) is 0 Å². The molecular formula is C16H14FNO4S. The Morgan fingerprint density at radius 3 is 2.39 bits per heavy atom. The summed E-state index contributed by atoms with van der Waals surface area (Å²) in [7, 11) is -3.81. The maximum Gasteiger partial charge on any atom is 0.328 e. The fourth-order valence-electron chi connectivity index (χ4n) is 1.87. The van der Waals surface area contributed by atoms with Crippen LogP contribution in [0.4, 0.5) is 10.1 Å². The number of benzene rings is 2. The summed E-state index contributed by atoms with van der Waals surface area (Å²) in [4.78, 5) is 10.5. The fraction of sp³-hybridized carbons (Fsp3) is 0.0625. The van der Waals surface area contributed by atoms with Gasteiger partial charge < -0.3 is 5.11 Å². The van der Waals surface area contributed by atoms with Crippen molar-refractivity contribution in [2.75, 3.05) is 4.72 Å². The normalized spacial score (nSPS) is 11.6. The topological polar surface area (TPSA) is 83.5 Å².